The van der Waals surface area contributed by atoms with Gasteiger partial charge in [-0.15, -0.1) is 22.9 Å². The van der Waals surface area contributed by atoms with Gasteiger partial charge >= 0.3 is 0 Å². The molecule has 0 saturated carbocycles. The van der Waals surface area contributed by atoms with Gasteiger partial charge in [0.25, 0.3) is 0 Å². The van der Waals surface area contributed by atoms with Crippen molar-refractivity contribution in [3.63, 3.8) is 0 Å². The lowest BCUT2D eigenvalue weighted by Gasteiger charge is -2.22. The van der Waals surface area contributed by atoms with Crippen LogP contribution in [0.4, 0.5) is 0 Å². The van der Waals surface area contributed by atoms with Crippen molar-refractivity contribution in [1.82, 2.24) is 4.31 Å². The van der Waals surface area contributed by atoms with E-state index in [1.165, 1.54) is 11.3 Å². The van der Waals surface area contributed by atoms with E-state index < -0.39 is 10.0 Å². The van der Waals surface area contributed by atoms with Crippen molar-refractivity contribution in [3.8, 4) is 0 Å². The Balaban J connectivity index is 2.39. The lowest BCUT2D eigenvalue weighted by molar-refractivity contribution is 0.411. The zero-order chi connectivity index (χ0) is 12.6. The van der Waals surface area contributed by atoms with Crippen LogP contribution in [0.5, 0.6) is 0 Å². The molecule has 1 atom stereocenters. The number of thiophene rings is 1. The molecule has 0 N–H and O–H groups in total. The van der Waals surface area contributed by atoms with Crippen LogP contribution in [0.1, 0.15) is 17.7 Å². The monoisotopic (exact) mass is 357 g/mol. The Labute approximate surface area is 119 Å². The maximum atomic E-state index is 12.5. The third-order valence-electron chi connectivity index (χ3n) is 2.93. The molecule has 0 amide bonds. The second-order valence-electron chi connectivity index (χ2n) is 4.04. The van der Waals surface area contributed by atoms with Crippen LogP contribution in [0.2, 0.25) is 0 Å². The van der Waals surface area contributed by atoms with Crippen molar-refractivity contribution >= 4 is 48.9 Å². The van der Waals surface area contributed by atoms with Crippen LogP contribution in [-0.4, -0.2) is 31.2 Å². The number of aryl methyl sites for hydroxylation is 1. The topological polar surface area (TPSA) is 37.4 Å². The van der Waals surface area contributed by atoms with Gasteiger partial charge in [0.1, 0.15) is 0 Å². The smallest absolute Gasteiger partial charge is 0.207 e. The molecule has 0 aliphatic carbocycles. The number of hydrogen-bond acceptors (Lipinski definition) is 3. The summed E-state index contributed by atoms with van der Waals surface area (Å²) >= 11 is 10.6. The zero-order valence-corrected chi connectivity index (χ0v) is 13.3. The van der Waals surface area contributed by atoms with Crippen molar-refractivity contribution in [2.24, 2.45) is 0 Å². The average molecular weight is 359 g/mol. The second-order valence-corrected chi connectivity index (χ2v) is 8.84. The van der Waals surface area contributed by atoms with Gasteiger partial charge in [-0.1, -0.05) is 0 Å². The van der Waals surface area contributed by atoms with Crippen molar-refractivity contribution < 1.29 is 8.42 Å². The molecule has 96 valence electrons. The lowest BCUT2D eigenvalue weighted by Crippen LogP contribution is -2.36. The van der Waals surface area contributed by atoms with Crippen molar-refractivity contribution in [3.05, 3.63) is 14.7 Å². The quantitative estimate of drug-likeness (QED) is 0.778. The summed E-state index contributed by atoms with van der Waals surface area (Å²) in [6.45, 7) is 2.40. The standard InChI is InChI=1S/C10H13BrClNO2S2/c1-7-9(5-10(11)16-7)17(14,15)13-4-2-3-8(13)6-12/h5,8H,2-4,6H2,1H3. The van der Waals surface area contributed by atoms with E-state index in [4.69, 9.17) is 11.6 Å². The largest absolute Gasteiger partial charge is 0.244 e. The molecule has 1 saturated heterocycles. The van der Waals surface area contributed by atoms with Crippen LogP contribution in [0, 0.1) is 6.92 Å². The van der Waals surface area contributed by atoms with E-state index in [2.05, 4.69) is 15.9 Å². The van der Waals surface area contributed by atoms with Gasteiger partial charge in [-0.3, -0.25) is 0 Å². The van der Waals surface area contributed by atoms with Crippen LogP contribution in [0.15, 0.2) is 14.7 Å². The summed E-state index contributed by atoms with van der Waals surface area (Å²) in [5, 5.41) is 0. The molecule has 2 heterocycles. The molecule has 0 bridgehead atoms. The molecular formula is C10H13BrClNO2S2. The third-order valence-corrected chi connectivity index (χ3v) is 7.05. The highest BCUT2D eigenvalue weighted by Crippen LogP contribution is 2.34. The van der Waals surface area contributed by atoms with Crippen molar-refractivity contribution in [1.29, 1.82) is 0 Å². The summed E-state index contributed by atoms with van der Waals surface area (Å²) in [6.07, 6.45) is 1.74. The molecule has 1 aliphatic rings. The van der Waals surface area contributed by atoms with E-state index >= 15 is 0 Å². The summed E-state index contributed by atoms with van der Waals surface area (Å²) in [6, 6.07) is 1.62. The maximum Gasteiger partial charge on any atom is 0.244 e. The van der Waals surface area contributed by atoms with E-state index in [0.29, 0.717) is 17.3 Å². The van der Waals surface area contributed by atoms with Gasteiger partial charge in [-0.05, 0) is 41.8 Å². The first-order chi connectivity index (χ1) is 7.96. The Kier molecular flexibility index (Phi) is 4.20. The molecule has 0 aromatic carbocycles. The highest BCUT2D eigenvalue weighted by atomic mass is 79.9. The van der Waals surface area contributed by atoms with E-state index in [0.717, 1.165) is 21.5 Å². The van der Waals surface area contributed by atoms with Crippen LogP contribution < -0.4 is 0 Å². The fourth-order valence-corrected chi connectivity index (χ4v) is 6.57. The predicted molar refractivity (Wildman–Crippen MR) is 74.4 cm³/mol. The first kappa shape index (κ1) is 13.8. The summed E-state index contributed by atoms with van der Waals surface area (Å²) in [5.41, 5.74) is 0. The SMILES string of the molecule is Cc1sc(Br)cc1S(=O)(=O)N1CCCC1CCl. The van der Waals surface area contributed by atoms with Gasteiger partial charge in [-0.25, -0.2) is 8.42 Å². The number of sulfonamides is 1. The Morgan fingerprint density at radius 3 is 2.88 bits per heavy atom. The lowest BCUT2D eigenvalue weighted by atomic mass is 10.3. The summed E-state index contributed by atoms with van der Waals surface area (Å²) in [7, 11) is -3.38. The van der Waals surface area contributed by atoms with Crippen LogP contribution >= 0.6 is 38.9 Å². The summed E-state index contributed by atoms with van der Waals surface area (Å²) < 4.78 is 27.4. The van der Waals surface area contributed by atoms with Gasteiger partial charge in [0.2, 0.25) is 10.0 Å². The Hall–Kier alpha value is 0.380. The number of rotatable bonds is 3. The fourth-order valence-electron chi connectivity index (χ4n) is 2.09. The van der Waals surface area contributed by atoms with Gasteiger partial charge < -0.3 is 0 Å². The van der Waals surface area contributed by atoms with Crippen LogP contribution in [0.3, 0.4) is 0 Å². The van der Waals surface area contributed by atoms with Crippen molar-refractivity contribution in [2.45, 2.75) is 30.7 Å². The molecule has 1 aliphatic heterocycles. The number of halogens is 2. The molecule has 7 heteroatoms. The van der Waals surface area contributed by atoms with E-state index in [1.54, 1.807) is 10.4 Å². The number of hydrogen-bond donors (Lipinski definition) is 0. The molecule has 0 spiro atoms. The zero-order valence-electron chi connectivity index (χ0n) is 9.32. The van der Waals surface area contributed by atoms with Gasteiger partial charge in [-0.2, -0.15) is 4.31 Å². The minimum Gasteiger partial charge on any atom is -0.207 e. The number of alkyl halides is 1. The Morgan fingerprint density at radius 1 is 1.65 bits per heavy atom. The molecule has 1 aromatic rings. The Morgan fingerprint density at radius 2 is 2.35 bits per heavy atom. The van der Waals surface area contributed by atoms with Crippen LogP contribution in [0.25, 0.3) is 0 Å². The highest BCUT2D eigenvalue weighted by Gasteiger charge is 2.36. The van der Waals surface area contributed by atoms with Gasteiger partial charge in [0, 0.05) is 23.3 Å². The fraction of sp³-hybridized carbons (Fsp3) is 0.600. The molecule has 17 heavy (non-hydrogen) atoms. The predicted octanol–water partition coefficient (Wildman–Crippen LogP) is 3.21. The second kappa shape index (κ2) is 5.17. The van der Waals surface area contributed by atoms with E-state index in [1.807, 2.05) is 6.92 Å². The molecular weight excluding hydrogens is 346 g/mol. The third kappa shape index (κ3) is 2.56. The van der Waals surface area contributed by atoms with Gasteiger partial charge in [0.15, 0.2) is 0 Å². The minimum absolute atomic E-state index is 0.0558. The molecule has 1 unspecified atom stereocenters. The molecule has 1 fully saturated rings. The first-order valence-electron chi connectivity index (χ1n) is 5.30. The van der Waals surface area contributed by atoms with E-state index in [-0.39, 0.29) is 6.04 Å². The number of nitrogens with zero attached hydrogens (tertiary/aromatic N) is 1. The van der Waals surface area contributed by atoms with Gasteiger partial charge in [0.05, 0.1) is 8.68 Å². The summed E-state index contributed by atoms with van der Waals surface area (Å²) in [4.78, 5) is 1.23. The Bertz CT molecular complexity index is 514. The van der Waals surface area contributed by atoms with E-state index in [9.17, 15) is 8.42 Å². The average Bonchev–Trinajstić information content (AvgIpc) is 2.84. The molecule has 1 aromatic heterocycles. The van der Waals surface area contributed by atoms with Crippen LogP contribution in [-0.2, 0) is 10.0 Å². The minimum atomic E-state index is -3.38. The highest BCUT2D eigenvalue weighted by molar-refractivity contribution is 9.11. The maximum absolute atomic E-state index is 12.5. The molecule has 0 radical (unpaired) electrons. The normalized spacial score (nSPS) is 22.2. The molecule has 3 nitrogen and oxygen atoms in total. The van der Waals surface area contributed by atoms with Crippen molar-refractivity contribution in [2.75, 3.05) is 12.4 Å². The molecule has 2 rings (SSSR count). The summed E-state index contributed by atoms with van der Waals surface area (Å²) in [5.74, 6) is 0.365. The first-order valence-corrected chi connectivity index (χ1v) is 8.89.